The van der Waals surface area contributed by atoms with Gasteiger partial charge in [0.15, 0.2) is 0 Å². The van der Waals surface area contributed by atoms with Crippen molar-refractivity contribution in [2.45, 2.75) is 12.3 Å². The molecule has 0 spiro atoms. The molecular formula is C22H26F3N3O4. The highest BCUT2D eigenvalue weighted by Crippen LogP contribution is 2.31. The monoisotopic (exact) mass is 453 g/mol. The number of hydrogen-bond donors (Lipinski definition) is 2. The van der Waals surface area contributed by atoms with Crippen molar-refractivity contribution in [3.05, 3.63) is 54.1 Å². The van der Waals surface area contributed by atoms with E-state index in [1.165, 1.54) is 6.07 Å². The van der Waals surface area contributed by atoms with Gasteiger partial charge in [0, 0.05) is 44.1 Å². The lowest BCUT2D eigenvalue weighted by molar-refractivity contribution is -0.137. The highest BCUT2D eigenvalue weighted by Gasteiger charge is 2.31. The third kappa shape index (κ3) is 6.76. The van der Waals surface area contributed by atoms with Gasteiger partial charge in [-0.1, -0.05) is 6.07 Å². The number of carbonyl (C=O) groups is 1. The molecule has 174 valence electrons. The van der Waals surface area contributed by atoms with Crippen LogP contribution in [0.25, 0.3) is 0 Å². The average molecular weight is 453 g/mol. The molecule has 3 rings (SSSR count). The zero-order valence-corrected chi connectivity index (χ0v) is 17.6. The molecule has 0 aromatic heterocycles. The number of ether oxygens (including phenoxy) is 2. The van der Waals surface area contributed by atoms with Gasteiger partial charge in [-0.05, 0) is 42.5 Å². The predicted octanol–water partition coefficient (Wildman–Crippen LogP) is 3.45. The second kappa shape index (κ2) is 10.6. The first kappa shape index (κ1) is 23.7. The molecule has 2 aromatic carbocycles. The van der Waals surface area contributed by atoms with Crippen molar-refractivity contribution in [1.82, 2.24) is 4.90 Å². The molecule has 0 radical (unpaired) electrons. The molecule has 1 aliphatic rings. The molecule has 1 amide bonds. The van der Waals surface area contributed by atoms with Crippen LogP contribution in [0.1, 0.15) is 5.56 Å². The van der Waals surface area contributed by atoms with E-state index in [2.05, 4.69) is 5.32 Å². The number of halogens is 3. The topological polar surface area (TPSA) is 74.3 Å². The van der Waals surface area contributed by atoms with E-state index in [4.69, 9.17) is 9.47 Å². The van der Waals surface area contributed by atoms with Crippen molar-refractivity contribution in [3.63, 3.8) is 0 Å². The van der Waals surface area contributed by atoms with Crippen LogP contribution >= 0.6 is 0 Å². The molecule has 0 aliphatic carbocycles. The summed E-state index contributed by atoms with van der Waals surface area (Å²) < 4.78 is 48.9. The minimum Gasteiger partial charge on any atom is -0.497 e. The van der Waals surface area contributed by atoms with Gasteiger partial charge in [0.25, 0.3) is 0 Å². The van der Waals surface area contributed by atoms with Crippen molar-refractivity contribution < 1.29 is 32.5 Å². The summed E-state index contributed by atoms with van der Waals surface area (Å²) in [5, 5.41) is 12.8. The van der Waals surface area contributed by atoms with E-state index in [1.807, 2.05) is 9.80 Å². The van der Waals surface area contributed by atoms with Gasteiger partial charge < -0.3 is 19.5 Å². The lowest BCUT2D eigenvalue weighted by Crippen LogP contribution is -2.49. The first-order chi connectivity index (χ1) is 15.2. The lowest BCUT2D eigenvalue weighted by atomic mass is 10.1. The van der Waals surface area contributed by atoms with Crippen LogP contribution < -0.4 is 15.0 Å². The summed E-state index contributed by atoms with van der Waals surface area (Å²) in [7, 11) is 1.54. The van der Waals surface area contributed by atoms with Gasteiger partial charge in [-0.3, -0.25) is 10.2 Å². The summed E-state index contributed by atoms with van der Waals surface area (Å²) in [6, 6.07) is 12.0. The van der Waals surface area contributed by atoms with Crippen molar-refractivity contribution in [2.24, 2.45) is 0 Å². The molecule has 0 saturated carbocycles. The van der Waals surface area contributed by atoms with Gasteiger partial charge >= 0.3 is 12.3 Å². The Morgan fingerprint density at radius 3 is 2.44 bits per heavy atom. The lowest BCUT2D eigenvalue weighted by Gasteiger charge is -2.37. The third-order valence-electron chi connectivity index (χ3n) is 5.12. The highest BCUT2D eigenvalue weighted by atomic mass is 19.4. The van der Waals surface area contributed by atoms with Crippen LogP contribution in [0.3, 0.4) is 0 Å². The Morgan fingerprint density at radius 2 is 1.81 bits per heavy atom. The van der Waals surface area contributed by atoms with E-state index < -0.39 is 23.9 Å². The number of β-amino-alcohol motifs (C(OH)–C–C–N with tert-alkyl or cyclic N) is 1. The van der Waals surface area contributed by atoms with Gasteiger partial charge in [-0.2, -0.15) is 13.2 Å². The quantitative estimate of drug-likeness (QED) is 0.669. The Balaban J connectivity index is 1.39. The zero-order valence-electron chi connectivity index (χ0n) is 17.6. The largest absolute Gasteiger partial charge is 0.497 e. The Labute approximate surface area is 184 Å². The van der Waals surface area contributed by atoms with Crippen LogP contribution in [0.5, 0.6) is 5.75 Å². The molecule has 1 unspecified atom stereocenters. The van der Waals surface area contributed by atoms with Gasteiger partial charge in [-0.15, -0.1) is 0 Å². The number of hydrogen-bond acceptors (Lipinski definition) is 6. The Morgan fingerprint density at radius 1 is 1.12 bits per heavy atom. The zero-order chi connectivity index (χ0) is 23.1. The molecule has 7 nitrogen and oxygen atoms in total. The maximum absolute atomic E-state index is 12.9. The molecule has 32 heavy (non-hydrogen) atoms. The minimum atomic E-state index is -4.37. The van der Waals surface area contributed by atoms with Crippen molar-refractivity contribution in [3.8, 4) is 5.75 Å². The SMILES string of the molecule is COc1ccc(NC(=O)OCC(O)CN2CCN(c3cccc(C(F)(F)F)c3)CC2)cc1. The van der Waals surface area contributed by atoms with E-state index in [-0.39, 0.29) is 6.61 Å². The molecule has 1 aliphatic heterocycles. The number of aliphatic hydroxyl groups excluding tert-OH is 1. The van der Waals surface area contributed by atoms with Crippen molar-refractivity contribution in [2.75, 3.05) is 56.7 Å². The van der Waals surface area contributed by atoms with Crippen LogP contribution in [0.15, 0.2) is 48.5 Å². The summed E-state index contributed by atoms with van der Waals surface area (Å²) >= 11 is 0. The van der Waals surface area contributed by atoms with E-state index in [1.54, 1.807) is 37.4 Å². The summed E-state index contributed by atoms with van der Waals surface area (Å²) in [6.07, 6.45) is -5.93. The Bertz CT molecular complexity index is 885. The van der Waals surface area contributed by atoms with E-state index in [0.717, 1.165) is 12.1 Å². The maximum Gasteiger partial charge on any atom is 0.416 e. The predicted molar refractivity (Wildman–Crippen MR) is 114 cm³/mol. The first-order valence-corrected chi connectivity index (χ1v) is 10.1. The molecular weight excluding hydrogens is 427 g/mol. The fourth-order valence-electron chi connectivity index (χ4n) is 3.42. The van der Waals surface area contributed by atoms with E-state index in [9.17, 15) is 23.1 Å². The second-order valence-corrected chi connectivity index (χ2v) is 7.44. The molecule has 1 heterocycles. The molecule has 1 saturated heterocycles. The number of rotatable bonds is 7. The Kier molecular flexibility index (Phi) is 7.81. The smallest absolute Gasteiger partial charge is 0.416 e. The minimum absolute atomic E-state index is 0.171. The van der Waals surface area contributed by atoms with Gasteiger partial charge in [0.1, 0.15) is 18.5 Å². The summed E-state index contributed by atoms with van der Waals surface area (Å²) in [6.45, 7) is 2.35. The first-order valence-electron chi connectivity index (χ1n) is 10.1. The van der Waals surface area contributed by atoms with Crippen LogP contribution in [0.4, 0.5) is 29.3 Å². The van der Waals surface area contributed by atoms with Crippen LogP contribution in [-0.4, -0.2) is 68.6 Å². The summed E-state index contributed by atoms with van der Waals surface area (Å²) in [4.78, 5) is 15.8. The fraction of sp³-hybridized carbons (Fsp3) is 0.409. The Hall–Kier alpha value is -2.98. The van der Waals surface area contributed by atoms with Crippen molar-refractivity contribution >= 4 is 17.5 Å². The number of methoxy groups -OCH3 is 1. The normalized spacial score (nSPS) is 15.8. The maximum atomic E-state index is 12.9. The second-order valence-electron chi connectivity index (χ2n) is 7.44. The summed E-state index contributed by atoms with van der Waals surface area (Å²) in [5.41, 5.74) is 0.396. The molecule has 2 aromatic rings. The van der Waals surface area contributed by atoms with Gasteiger partial charge in [-0.25, -0.2) is 4.79 Å². The third-order valence-corrected chi connectivity index (χ3v) is 5.12. The number of nitrogens with one attached hydrogen (secondary N) is 1. The summed E-state index contributed by atoms with van der Waals surface area (Å²) in [5.74, 6) is 0.660. The highest BCUT2D eigenvalue weighted by molar-refractivity contribution is 5.84. The fourth-order valence-corrected chi connectivity index (χ4v) is 3.42. The van der Waals surface area contributed by atoms with Crippen LogP contribution in [-0.2, 0) is 10.9 Å². The number of nitrogens with zero attached hydrogens (tertiary/aromatic N) is 2. The van der Waals surface area contributed by atoms with E-state index >= 15 is 0 Å². The van der Waals surface area contributed by atoms with Crippen LogP contribution in [0.2, 0.25) is 0 Å². The van der Waals surface area contributed by atoms with E-state index in [0.29, 0.717) is 49.8 Å². The number of amides is 1. The number of benzene rings is 2. The van der Waals surface area contributed by atoms with Gasteiger partial charge in [0.2, 0.25) is 0 Å². The van der Waals surface area contributed by atoms with Crippen LogP contribution in [0, 0.1) is 0 Å². The molecule has 0 bridgehead atoms. The molecule has 1 fully saturated rings. The number of aliphatic hydroxyl groups is 1. The molecule has 2 N–H and O–H groups in total. The van der Waals surface area contributed by atoms with Gasteiger partial charge in [0.05, 0.1) is 12.7 Å². The number of anilines is 2. The molecule has 1 atom stereocenters. The number of piperazine rings is 1. The average Bonchev–Trinajstić information content (AvgIpc) is 2.78. The number of carbonyl (C=O) groups excluding carboxylic acids is 1. The standard InChI is InChI=1S/C22H26F3N3O4/c1-31-20-7-5-17(6-8-20)26-21(30)32-15-19(29)14-27-9-11-28(12-10-27)18-4-2-3-16(13-18)22(23,24)25/h2-8,13,19,29H,9-12,14-15H2,1H3,(H,26,30). The molecule has 10 heteroatoms. The number of alkyl halides is 3. The van der Waals surface area contributed by atoms with Crippen molar-refractivity contribution in [1.29, 1.82) is 0 Å².